The smallest absolute Gasteiger partial charge is 0.112 e. The van der Waals surface area contributed by atoms with Crippen LogP contribution in [0.15, 0.2) is 0 Å². The molecule has 5 heteroatoms. The molecule has 0 amide bonds. The third-order valence-corrected chi connectivity index (χ3v) is 1.38. The highest BCUT2D eigenvalue weighted by atomic mass is 16.3. The van der Waals surface area contributed by atoms with Gasteiger partial charge in [-0.1, -0.05) is 0 Å². The van der Waals surface area contributed by atoms with Crippen LogP contribution in [-0.4, -0.2) is 53.0 Å². The van der Waals surface area contributed by atoms with Crippen molar-refractivity contribution in [1.29, 1.82) is 0 Å². The van der Waals surface area contributed by atoms with Gasteiger partial charge in [0.25, 0.3) is 0 Å². The van der Waals surface area contributed by atoms with E-state index in [1.54, 1.807) is 0 Å². The molecule has 0 heterocycles. The van der Waals surface area contributed by atoms with Gasteiger partial charge >= 0.3 is 0 Å². The molecule has 0 rings (SSSR count). The lowest BCUT2D eigenvalue weighted by molar-refractivity contribution is 0.00959. The molecule has 0 aliphatic rings. The standard InChI is InChI=1S/C6H15NO4/c8-2-1-7-6(11)5(3-9)4-10/h5-11H,1-4H2. The summed E-state index contributed by atoms with van der Waals surface area (Å²) in [5, 5.41) is 37.1. The van der Waals surface area contributed by atoms with Gasteiger partial charge in [0.1, 0.15) is 6.23 Å². The lowest BCUT2D eigenvalue weighted by atomic mass is 10.1. The van der Waals surface area contributed by atoms with E-state index in [4.69, 9.17) is 20.4 Å². The molecule has 0 aromatic carbocycles. The van der Waals surface area contributed by atoms with Crippen LogP contribution in [0.25, 0.3) is 0 Å². The van der Waals surface area contributed by atoms with Crippen LogP contribution in [0.3, 0.4) is 0 Å². The highest BCUT2D eigenvalue weighted by Gasteiger charge is 2.15. The molecule has 0 saturated heterocycles. The van der Waals surface area contributed by atoms with E-state index in [0.29, 0.717) is 0 Å². The van der Waals surface area contributed by atoms with Gasteiger partial charge in [0.15, 0.2) is 0 Å². The number of aliphatic hydroxyl groups excluding tert-OH is 4. The molecule has 11 heavy (non-hydrogen) atoms. The Morgan fingerprint density at radius 1 is 1.09 bits per heavy atom. The Morgan fingerprint density at radius 2 is 1.64 bits per heavy atom. The molecule has 0 spiro atoms. The Kier molecular flexibility index (Phi) is 6.39. The summed E-state index contributed by atoms with van der Waals surface area (Å²) in [5.74, 6) is -0.582. The zero-order valence-electron chi connectivity index (χ0n) is 6.27. The molecule has 0 fully saturated rings. The zero-order chi connectivity index (χ0) is 8.69. The van der Waals surface area contributed by atoms with Crippen molar-refractivity contribution < 1.29 is 20.4 Å². The molecule has 0 saturated carbocycles. The van der Waals surface area contributed by atoms with Gasteiger partial charge in [-0.2, -0.15) is 0 Å². The van der Waals surface area contributed by atoms with Crippen LogP contribution in [0.5, 0.6) is 0 Å². The van der Waals surface area contributed by atoms with E-state index in [-0.39, 0.29) is 26.4 Å². The lowest BCUT2D eigenvalue weighted by Gasteiger charge is -2.19. The lowest BCUT2D eigenvalue weighted by Crippen LogP contribution is -2.40. The van der Waals surface area contributed by atoms with E-state index in [0.717, 1.165) is 0 Å². The number of hydrogen-bond acceptors (Lipinski definition) is 5. The van der Waals surface area contributed by atoms with Crippen molar-refractivity contribution in [3.8, 4) is 0 Å². The third kappa shape index (κ3) is 4.28. The maximum absolute atomic E-state index is 9.10. The van der Waals surface area contributed by atoms with Crippen molar-refractivity contribution in [3.63, 3.8) is 0 Å². The summed E-state index contributed by atoms with van der Waals surface area (Å²) >= 11 is 0. The molecule has 0 aliphatic heterocycles. The van der Waals surface area contributed by atoms with E-state index < -0.39 is 12.1 Å². The first-order valence-corrected chi connectivity index (χ1v) is 3.50. The van der Waals surface area contributed by atoms with Crippen LogP contribution in [0.2, 0.25) is 0 Å². The summed E-state index contributed by atoms with van der Waals surface area (Å²) in [7, 11) is 0. The minimum atomic E-state index is -0.961. The second-order valence-electron chi connectivity index (χ2n) is 2.25. The molecule has 0 aromatic heterocycles. The number of rotatable bonds is 6. The number of nitrogens with one attached hydrogen (secondary N) is 1. The van der Waals surface area contributed by atoms with Gasteiger partial charge in [-0.3, -0.25) is 5.32 Å². The highest BCUT2D eigenvalue weighted by molar-refractivity contribution is 4.64. The zero-order valence-corrected chi connectivity index (χ0v) is 6.27. The average Bonchev–Trinajstić information content (AvgIpc) is 2.03. The Labute approximate surface area is 65.3 Å². The molecular formula is C6H15NO4. The van der Waals surface area contributed by atoms with Crippen LogP contribution in [-0.2, 0) is 0 Å². The fourth-order valence-corrected chi connectivity index (χ4v) is 0.637. The maximum atomic E-state index is 9.10. The van der Waals surface area contributed by atoms with Gasteiger partial charge in [0, 0.05) is 12.5 Å². The molecule has 5 nitrogen and oxygen atoms in total. The summed E-state index contributed by atoms with van der Waals surface area (Å²) in [6, 6.07) is 0. The van der Waals surface area contributed by atoms with Gasteiger partial charge in [-0.15, -0.1) is 0 Å². The van der Waals surface area contributed by atoms with Crippen molar-refractivity contribution in [3.05, 3.63) is 0 Å². The first-order valence-electron chi connectivity index (χ1n) is 3.50. The van der Waals surface area contributed by atoms with Crippen LogP contribution in [0.4, 0.5) is 0 Å². The molecular weight excluding hydrogens is 150 g/mol. The predicted octanol–water partition coefficient (Wildman–Crippen LogP) is -2.51. The molecule has 5 N–H and O–H groups in total. The molecule has 0 aromatic rings. The van der Waals surface area contributed by atoms with Gasteiger partial charge < -0.3 is 20.4 Å². The van der Waals surface area contributed by atoms with Crippen LogP contribution in [0, 0.1) is 5.92 Å². The van der Waals surface area contributed by atoms with Gasteiger partial charge in [0.05, 0.1) is 19.8 Å². The summed E-state index contributed by atoms with van der Waals surface area (Å²) < 4.78 is 0. The van der Waals surface area contributed by atoms with E-state index in [2.05, 4.69) is 5.32 Å². The Morgan fingerprint density at radius 3 is 2.00 bits per heavy atom. The summed E-state index contributed by atoms with van der Waals surface area (Å²) in [6.07, 6.45) is -0.961. The summed E-state index contributed by atoms with van der Waals surface area (Å²) in [4.78, 5) is 0. The second kappa shape index (κ2) is 6.51. The molecule has 68 valence electrons. The van der Waals surface area contributed by atoms with Gasteiger partial charge in [0.2, 0.25) is 0 Å². The Bertz CT molecular complexity index is 86.7. The fourth-order valence-electron chi connectivity index (χ4n) is 0.637. The SMILES string of the molecule is OCCNC(O)C(CO)CO. The van der Waals surface area contributed by atoms with E-state index in [1.807, 2.05) is 0 Å². The largest absolute Gasteiger partial charge is 0.396 e. The van der Waals surface area contributed by atoms with Gasteiger partial charge in [-0.25, -0.2) is 0 Å². The first-order chi connectivity index (χ1) is 5.26. The summed E-state index contributed by atoms with van der Waals surface area (Å²) in [5.41, 5.74) is 0. The fraction of sp³-hybridized carbons (Fsp3) is 1.00. The number of aliphatic hydroxyl groups is 4. The van der Waals surface area contributed by atoms with E-state index in [1.165, 1.54) is 0 Å². The normalized spacial score (nSPS) is 13.9. The van der Waals surface area contributed by atoms with Gasteiger partial charge in [-0.05, 0) is 0 Å². The molecule has 0 aliphatic carbocycles. The highest BCUT2D eigenvalue weighted by Crippen LogP contribution is 1.97. The molecule has 1 unspecified atom stereocenters. The van der Waals surface area contributed by atoms with Crippen LogP contribution >= 0.6 is 0 Å². The second-order valence-corrected chi connectivity index (χ2v) is 2.25. The Balaban J connectivity index is 3.51. The van der Waals surface area contributed by atoms with Crippen LogP contribution < -0.4 is 5.32 Å². The third-order valence-electron chi connectivity index (χ3n) is 1.38. The quantitative estimate of drug-likeness (QED) is 0.280. The molecule has 0 bridgehead atoms. The predicted molar refractivity (Wildman–Crippen MR) is 38.8 cm³/mol. The van der Waals surface area contributed by atoms with Crippen molar-refractivity contribution in [2.45, 2.75) is 6.23 Å². The van der Waals surface area contributed by atoms with E-state index in [9.17, 15) is 0 Å². The minimum Gasteiger partial charge on any atom is -0.396 e. The first kappa shape index (κ1) is 10.8. The van der Waals surface area contributed by atoms with Crippen molar-refractivity contribution in [2.24, 2.45) is 5.92 Å². The molecule has 1 atom stereocenters. The summed E-state index contributed by atoms with van der Waals surface area (Å²) in [6.45, 7) is -0.398. The number of hydrogen-bond donors (Lipinski definition) is 5. The minimum absolute atomic E-state index is 0.0827. The van der Waals surface area contributed by atoms with Crippen LogP contribution in [0.1, 0.15) is 0 Å². The maximum Gasteiger partial charge on any atom is 0.112 e. The van der Waals surface area contributed by atoms with Crippen molar-refractivity contribution in [1.82, 2.24) is 5.32 Å². The monoisotopic (exact) mass is 165 g/mol. The van der Waals surface area contributed by atoms with Crippen molar-refractivity contribution in [2.75, 3.05) is 26.4 Å². The van der Waals surface area contributed by atoms with E-state index >= 15 is 0 Å². The molecule has 0 radical (unpaired) electrons. The van der Waals surface area contributed by atoms with Crippen molar-refractivity contribution >= 4 is 0 Å². The Hall–Kier alpha value is -0.200. The average molecular weight is 165 g/mol. The topological polar surface area (TPSA) is 93.0 Å².